The van der Waals surface area contributed by atoms with E-state index in [4.69, 9.17) is 9.47 Å². The van der Waals surface area contributed by atoms with Gasteiger partial charge in [-0.1, -0.05) is 6.08 Å². The molecule has 0 aliphatic rings. The number of nitro groups is 1. The van der Waals surface area contributed by atoms with Gasteiger partial charge in [-0.25, -0.2) is 4.79 Å². The highest BCUT2D eigenvalue weighted by atomic mass is 16.6. The first-order valence-electron chi connectivity index (χ1n) is 7.90. The van der Waals surface area contributed by atoms with Crippen LogP contribution in [0.25, 0.3) is 0 Å². The van der Waals surface area contributed by atoms with Crippen molar-refractivity contribution in [2.24, 2.45) is 0 Å². The Labute approximate surface area is 145 Å². The number of carbonyl (C=O) groups excluding carboxylic acids is 1. The Bertz CT molecular complexity index is 722. The van der Waals surface area contributed by atoms with Gasteiger partial charge in [0, 0.05) is 12.1 Å². The third kappa shape index (κ3) is 5.76. The van der Waals surface area contributed by atoms with Crippen molar-refractivity contribution in [2.75, 3.05) is 6.61 Å². The molecule has 0 saturated heterocycles. The number of benzene rings is 2. The normalized spacial score (nSPS) is 10.1. The zero-order chi connectivity index (χ0) is 18.1. The van der Waals surface area contributed by atoms with Gasteiger partial charge >= 0.3 is 5.97 Å². The Morgan fingerprint density at radius 1 is 1.04 bits per heavy atom. The number of allylic oxidation sites excluding steroid dienone is 1. The van der Waals surface area contributed by atoms with Gasteiger partial charge in [-0.3, -0.25) is 10.1 Å². The van der Waals surface area contributed by atoms with E-state index >= 15 is 0 Å². The number of esters is 1. The van der Waals surface area contributed by atoms with E-state index in [0.717, 1.165) is 19.3 Å². The molecule has 0 N–H and O–H groups in total. The van der Waals surface area contributed by atoms with Crippen LogP contribution < -0.4 is 9.47 Å². The lowest BCUT2D eigenvalue weighted by atomic mass is 10.2. The van der Waals surface area contributed by atoms with Crippen molar-refractivity contribution in [3.05, 3.63) is 76.9 Å². The van der Waals surface area contributed by atoms with Gasteiger partial charge in [0.2, 0.25) is 0 Å². The predicted octanol–water partition coefficient (Wildman–Crippen LogP) is 4.55. The molecule has 2 aromatic carbocycles. The summed E-state index contributed by atoms with van der Waals surface area (Å²) in [6.45, 7) is 4.28. The highest BCUT2D eigenvalue weighted by Crippen LogP contribution is 2.19. The van der Waals surface area contributed by atoms with Crippen molar-refractivity contribution < 1.29 is 19.2 Å². The van der Waals surface area contributed by atoms with E-state index in [1.54, 1.807) is 24.3 Å². The molecular formula is C19H19NO5. The van der Waals surface area contributed by atoms with Crippen LogP contribution in [0.1, 0.15) is 29.6 Å². The van der Waals surface area contributed by atoms with E-state index in [-0.39, 0.29) is 11.4 Å². The molecule has 0 radical (unpaired) electrons. The van der Waals surface area contributed by atoms with Crippen LogP contribution in [0, 0.1) is 10.1 Å². The molecule has 2 rings (SSSR count). The lowest BCUT2D eigenvalue weighted by molar-refractivity contribution is -0.384. The Hall–Kier alpha value is -3.15. The molecule has 0 unspecified atom stereocenters. The maximum Gasteiger partial charge on any atom is 0.343 e. The average Bonchev–Trinajstić information content (AvgIpc) is 2.62. The molecule has 25 heavy (non-hydrogen) atoms. The van der Waals surface area contributed by atoms with Crippen molar-refractivity contribution in [3.63, 3.8) is 0 Å². The molecule has 2 aromatic rings. The Morgan fingerprint density at radius 3 is 2.28 bits per heavy atom. The number of nitro benzene ring substituents is 1. The first-order valence-corrected chi connectivity index (χ1v) is 7.90. The van der Waals surface area contributed by atoms with Gasteiger partial charge in [-0.2, -0.15) is 0 Å². The van der Waals surface area contributed by atoms with E-state index in [0.29, 0.717) is 17.9 Å². The fourth-order valence-corrected chi connectivity index (χ4v) is 2.07. The minimum atomic E-state index is -0.536. The monoisotopic (exact) mass is 341 g/mol. The molecule has 0 saturated carbocycles. The van der Waals surface area contributed by atoms with Crippen LogP contribution in [-0.4, -0.2) is 17.5 Å². The maximum absolute atomic E-state index is 12.1. The maximum atomic E-state index is 12.1. The van der Waals surface area contributed by atoms with Crippen molar-refractivity contribution >= 4 is 11.7 Å². The van der Waals surface area contributed by atoms with Gasteiger partial charge < -0.3 is 9.47 Å². The lowest BCUT2D eigenvalue weighted by Crippen LogP contribution is -2.08. The van der Waals surface area contributed by atoms with Crippen molar-refractivity contribution in [1.29, 1.82) is 0 Å². The molecule has 0 bridgehead atoms. The summed E-state index contributed by atoms with van der Waals surface area (Å²) in [4.78, 5) is 22.2. The number of ether oxygens (including phenoxy) is 2. The molecule has 0 aromatic heterocycles. The van der Waals surface area contributed by atoms with Gasteiger partial charge in [0.05, 0.1) is 17.1 Å². The number of hydrogen-bond donors (Lipinski definition) is 0. The van der Waals surface area contributed by atoms with Crippen molar-refractivity contribution in [3.8, 4) is 11.5 Å². The fourth-order valence-electron chi connectivity index (χ4n) is 2.07. The zero-order valence-corrected chi connectivity index (χ0v) is 13.7. The van der Waals surface area contributed by atoms with Crippen LogP contribution in [0.3, 0.4) is 0 Å². The van der Waals surface area contributed by atoms with E-state index in [2.05, 4.69) is 6.58 Å². The second kappa shape index (κ2) is 9.22. The smallest absolute Gasteiger partial charge is 0.343 e. The first kappa shape index (κ1) is 18.2. The SMILES string of the molecule is C=CCCCCOc1ccc(C(=O)Oc2ccc([N+](=O)[O-])cc2)cc1. The van der Waals surface area contributed by atoms with E-state index < -0.39 is 10.9 Å². The summed E-state index contributed by atoms with van der Waals surface area (Å²) in [6.07, 6.45) is 4.82. The average molecular weight is 341 g/mol. The molecule has 0 atom stereocenters. The minimum Gasteiger partial charge on any atom is -0.494 e. The second-order valence-electron chi connectivity index (χ2n) is 5.30. The topological polar surface area (TPSA) is 78.7 Å². The number of non-ortho nitro benzene ring substituents is 1. The molecule has 0 amide bonds. The summed E-state index contributed by atoms with van der Waals surface area (Å²) < 4.78 is 10.8. The summed E-state index contributed by atoms with van der Waals surface area (Å²) in [5.41, 5.74) is 0.312. The molecule has 0 heterocycles. The molecular weight excluding hydrogens is 322 g/mol. The Balaban J connectivity index is 1.87. The van der Waals surface area contributed by atoms with Gasteiger partial charge in [0.25, 0.3) is 5.69 Å². The number of unbranched alkanes of at least 4 members (excludes halogenated alkanes) is 2. The second-order valence-corrected chi connectivity index (χ2v) is 5.30. The highest BCUT2D eigenvalue weighted by Gasteiger charge is 2.10. The summed E-state index contributed by atoms with van der Waals surface area (Å²) >= 11 is 0. The lowest BCUT2D eigenvalue weighted by Gasteiger charge is -2.07. The van der Waals surface area contributed by atoms with Crippen LogP contribution in [0.4, 0.5) is 5.69 Å². The third-order valence-corrected chi connectivity index (χ3v) is 3.42. The third-order valence-electron chi connectivity index (χ3n) is 3.42. The number of carbonyl (C=O) groups is 1. The molecule has 0 aliphatic carbocycles. The minimum absolute atomic E-state index is 0.0607. The molecule has 130 valence electrons. The van der Waals surface area contributed by atoms with Gasteiger partial charge in [-0.15, -0.1) is 6.58 Å². The van der Waals surface area contributed by atoms with Crippen LogP contribution in [-0.2, 0) is 0 Å². The molecule has 0 spiro atoms. The number of nitrogens with zero attached hydrogens (tertiary/aromatic N) is 1. The van der Waals surface area contributed by atoms with Crippen LogP contribution in [0.2, 0.25) is 0 Å². The van der Waals surface area contributed by atoms with Crippen LogP contribution >= 0.6 is 0 Å². The summed E-state index contributed by atoms with van der Waals surface area (Å²) in [5.74, 6) is 0.398. The fraction of sp³-hybridized carbons (Fsp3) is 0.211. The Kier molecular flexibility index (Phi) is 6.71. The van der Waals surface area contributed by atoms with Crippen molar-refractivity contribution in [2.45, 2.75) is 19.3 Å². The Morgan fingerprint density at radius 2 is 1.68 bits per heavy atom. The standard InChI is InChI=1S/C19H19NO5/c1-2-3-4-5-14-24-17-10-6-15(7-11-17)19(21)25-18-12-8-16(9-13-18)20(22)23/h2,6-13H,1,3-5,14H2. The first-order chi connectivity index (χ1) is 12.1. The van der Waals surface area contributed by atoms with Gasteiger partial charge in [0.1, 0.15) is 11.5 Å². The largest absolute Gasteiger partial charge is 0.494 e. The van der Waals surface area contributed by atoms with Gasteiger partial charge in [0.15, 0.2) is 0 Å². The van der Waals surface area contributed by atoms with E-state index in [1.807, 2.05) is 6.08 Å². The number of hydrogen-bond acceptors (Lipinski definition) is 5. The van der Waals surface area contributed by atoms with E-state index in [1.165, 1.54) is 24.3 Å². The van der Waals surface area contributed by atoms with E-state index in [9.17, 15) is 14.9 Å². The highest BCUT2D eigenvalue weighted by molar-refractivity contribution is 5.91. The van der Waals surface area contributed by atoms with Crippen LogP contribution in [0.5, 0.6) is 11.5 Å². The molecule has 0 fully saturated rings. The quantitative estimate of drug-likeness (QED) is 0.167. The summed E-state index contributed by atoms with van der Waals surface area (Å²) in [7, 11) is 0. The number of rotatable bonds is 9. The van der Waals surface area contributed by atoms with Gasteiger partial charge in [-0.05, 0) is 55.7 Å². The summed E-state index contributed by atoms with van der Waals surface area (Å²) in [5, 5.41) is 10.6. The van der Waals surface area contributed by atoms with Crippen molar-refractivity contribution in [1.82, 2.24) is 0 Å². The predicted molar refractivity (Wildman–Crippen MR) is 94.0 cm³/mol. The molecule has 6 nitrogen and oxygen atoms in total. The summed E-state index contributed by atoms with van der Waals surface area (Å²) in [6, 6.07) is 12.0. The zero-order valence-electron chi connectivity index (χ0n) is 13.7. The molecule has 0 aliphatic heterocycles. The molecule has 6 heteroatoms. The van der Waals surface area contributed by atoms with Crippen LogP contribution in [0.15, 0.2) is 61.2 Å².